The molecular formula is C17H21NaO3S. The molecule has 2 aromatic rings. The number of benzene rings is 2. The summed E-state index contributed by atoms with van der Waals surface area (Å²) >= 11 is 0. The van der Waals surface area contributed by atoms with Crippen LogP contribution in [0, 0.1) is 0 Å². The molecule has 0 amide bonds. The molecule has 0 heterocycles. The van der Waals surface area contributed by atoms with Crippen LogP contribution in [0.15, 0.2) is 41.3 Å². The monoisotopic (exact) mass is 328 g/mol. The van der Waals surface area contributed by atoms with Crippen LogP contribution in [0.2, 0.25) is 0 Å². The molecule has 3 nitrogen and oxygen atoms in total. The van der Waals surface area contributed by atoms with Gasteiger partial charge in [0.25, 0.3) is 0 Å². The minimum Gasteiger partial charge on any atom is -0.744 e. The number of unbranched alkanes of at least 4 members (excludes halogenated alkanes) is 4. The Balaban J connectivity index is 0.00000242. The maximum absolute atomic E-state index is 11.1. The molecule has 0 saturated carbocycles. The van der Waals surface area contributed by atoms with Gasteiger partial charge in [0.2, 0.25) is 0 Å². The Morgan fingerprint density at radius 1 is 1.00 bits per heavy atom. The Morgan fingerprint density at radius 2 is 1.73 bits per heavy atom. The van der Waals surface area contributed by atoms with Crippen molar-refractivity contribution >= 4 is 20.9 Å². The van der Waals surface area contributed by atoms with E-state index in [1.807, 2.05) is 12.1 Å². The fourth-order valence-corrected chi connectivity index (χ4v) is 3.13. The van der Waals surface area contributed by atoms with Crippen LogP contribution in [-0.2, 0) is 16.5 Å². The van der Waals surface area contributed by atoms with Crippen molar-refractivity contribution in [2.45, 2.75) is 50.3 Å². The molecule has 0 fully saturated rings. The summed E-state index contributed by atoms with van der Waals surface area (Å²) in [6.45, 7) is 2.20. The second-order valence-corrected chi connectivity index (χ2v) is 6.80. The first-order valence-electron chi connectivity index (χ1n) is 7.50. The summed E-state index contributed by atoms with van der Waals surface area (Å²) in [6.07, 6.45) is 7.13. The minimum atomic E-state index is -4.38. The number of rotatable bonds is 7. The largest absolute Gasteiger partial charge is 1.00 e. The smallest absolute Gasteiger partial charge is 0.744 e. The molecule has 0 saturated heterocycles. The van der Waals surface area contributed by atoms with E-state index < -0.39 is 10.1 Å². The van der Waals surface area contributed by atoms with Crippen LogP contribution in [0.3, 0.4) is 0 Å². The van der Waals surface area contributed by atoms with Gasteiger partial charge in [-0.15, -0.1) is 0 Å². The van der Waals surface area contributed by atoms with E-state index >= 15 is 0 Å². The third-order valence-electron chi connectivity index (χ3n) is 3.78. The first kappa shape index (κ1) is 19.7. The van der Waals surface area contributed by atoms with E-state index in [1.54, 1.807) is 6.07 Å². The summed E-state index contributed by atoms with van der Waals surface area (Å²) in [5, 5.41) is 1.86. The van der Waals surface area contributed by atoms with Gasteiger partial charge in [0.15, 0.2) is 0 Å². The van der Waals surface area contributed by atoms with Gasteiger partial charge in [0.05, 0.1) is 4.90 Å². The van der Waals surface area contributed by atoms with Crippen molar-refractivity contribution < 1.29 is 42.5 Å². The van der Waals surface area contributed by atoms with E-state index in [4.69, 9.17) is 0 Å². The summed E-state index contributed by atoms with van der Waals surface area (Å²) < 4.78 is 33.2. The third-order valence-corrected chi connectivity index (χ3v) is 4.61. The zero-order valence-corrected chi connectivity index (χ0v) is 16.2. The van der Waals surface area contributed by atoms with E-state index in [9.17, 15) is 13.0 Å². The first-order chi connectivity index (χ1) is 10.0. The molecule has 2 rings (SSSR count). The molecule has 0 unspecified atom stereocenters. The van der Waals surface area contributed by atoms with Crippen LogP contribution in [0.4, 0.5) is 0 Å². The second kappa shape index (κ2) is 9.04. The van der Waals surface area contributed by atoms with E-state index in [-0.39, 0.29) is 34.5 Å². The van der Waals surface area contributed by atoms with E-state index in [0.717, 1.165) is 23.6 Å². The number of hydrogen-bond acceptors (Lipinski definition) is 3. The van der Waals surface area contributed by atoms with Crippen LogP contribution in [0.5, 0.6) is 0 Å². The maximum Gasteiger partial charge on any atom is 1.00 e. The van der Waals surface area contributed by atoms with Gasteiger partial charge in [-0.2, -0.15) is 0 Å². The summed E-state index contributed by atoms with van der Waals surface area (Å²) in [7, 11) is -4.38. The Kier molecular flexibility index (Phi) is 8.08. The topological polar surface area (TPSA) is 57.2 Å². The van der Waals surface area contributed by atoms with Gasteiger partial charge in [-0.25, -0.2) is 8.42 Å². The average molecular weight is 328 g/mol. The number of aryl methyl sites for hydroxylation is 1. The van der Waals surface area contributed by atoms with Crippen molar-refractivity contribution in [3.63, 3.8) is 0 Å². The van der Waals surface area contributed by atoms with Gasteiger partial charge in [0.1, 0.15) is 10.1 Å². The molecule has 0 aromatic heterocycles. The molecule has 0 radical (unpaired) electrons. The molecule has 0 spiro atoms. The summed E-state index contributed by atoms with van der Waals surface area (Å²) in [5.74, 6) is 0. The first-order valence-corrected chi connectivity index (χ1v) is 8.91. The summed E-state index contributed by atoms with van der Waals surface area (Å²) in [4.78, 5) is -0.157. The van der Waals surface area contributed by atoms with Crippen LogP contribution in [0.25, 0.3) is 10.8 Å². The summed E-state index contributed by atoms with van der Waals surface area (Å²) in [5.41, 5.74) is 1.22. The van der Waals surface area contributed by atoms with Crippen molar-refractivity contribution in [3.05, 3.63) is 42.0 Å². The van der Waals surface area contributed by atoms with E-state index in [2.05, 4.69) is 13.0 Å². The Labute approximate surface area is 155 Å². The van der Waals surface area contributed by atoms with Crippen molar-refractivity contribution in [1.82, 2.24) is 0 Å². The molecule has 0 aliphatic carbocycles. The van der Waals surface area contributed by atoms with E-state index in [0.29, 0.717) is 0 Å². The molecule has 0 atom stereocenters. The molecular weight excluding hydrogens is 307 g/mol. The predicted molar refractivity (Wildman–Crippen MR) is 84.4 cm³/mol. The average Bonchev–Trinajstić information content (AvgIpc) is 2.45. The SMILES string of the molecule is CCCCCCCc1cccc2cc(S(=O)(=O)[O-])ccc12.[Na+]. The predicted octanol–water partition coefficient (Wildman–Crippen LogP) is 1.26. The Bertz CT molecular complexity index is 711. The minimum absolute atomic E-state index is 0. The molecule has 0 N–H and O–H groups in total. The zero-order chi connectivity index (χ0) is 15.3. The molecule has 22 heavy (non-hydrogen) atoms. The fourth-order valence-electron chi connectivity index (χ4n) is 2.62. The normalized spacial score (nSPS) is 11.4. The Hall–Kier alpha value is -0.390. The quantitative estimate of drug-likeness (QED) is 0.437. The number of hydrogen-bond donors (Lipinski definition) is 0. The second-order valence-electron chi connectivity index (χ2n) is 5.42. The van der Waals surface area contributed by atoms with Gasteiger partial charge in [0, 0.05) is 0 Å². The number of fused-ring (bicyclic) bond motifs is 1. The van der Waals surface area contributed by atoms with Crippen molar-refractivity contribution in [1.29, 1.82) is 0 Å². The zero-order valence-electron chi connectivity index (χ0n) is 13.3. The molecule has 5 heteroatoms. The maximum atomic E-state index is 11.1. The van der Waals surface area contributed by atoms with Gasteiger partial charge >= 0.3 is 29.6 Å². The van der Waals surface area contributed by atoms with Gasteiger partial charge in [-0.1, -0.05) is 56.9 Å². The van der Waals surface area contributed by atoms with Crippen molar-refractivity contribution in [3.8, 4) is 0 Å². The van der Waals surface area contributed by atoms with Gasteiger partial charge in [-0.05, 0) is 41.3 Å². The molecule has 0 aliphatic heterocycles. The van der Waals surface area contributed by atoms with Crippen molar-refractivity contribution in [2.75, 3.05) is 0 Å². The van der Waals surface area contributed by atoms with Crippen LogP contribution >= 0.6 is 0 Å². The van der Waals surface area contributed by atoms with Crippen LogP contribution < -0.4 is 29.6 Å². The fraction of sp³-hybridized carbons (Fsp3) is 0.412. The van der Waals surface area contributed by atoms with Gasteiger partial charge in [-0.3, -0.25) is 0 Å². The Morgan fingerprint density at radius 3 is 2.41 bits per heavy atom. The van der Waals surface area contributed by atoms with Crippen LogP contribution in [0.1, 0.15) is 44.6 Å². The third kappa shape index (κ3) is 5.36. The van der Waals surface area contributed by atoms with Crippen molar-refractivity contribution in [2.24, 2.45) is 0 Å². The molecule has 0 aliphatic rings. The van der Waals surface area contributed by atoms with E-state index in [1.165, 1.54) is 43.4 Å². The van der Waals surface area contributed by atoms with Gasteiger partial charge < -0.3 is 4.55 Å². The molecule has 0 bridgehead atoms. The van der Waals surface area contributed by atoms with Crippen LogP contribution in [-0.4, -0.2) is 13.0 Å². The standard InChI is InChI=1S/C17H22O3S.Na/c1-2-3-4-5-6-8-14-9-7-10-15-13-16(21(18,19)20)11-12-17(14)15;/h7,9-13H,2-6,8H2,1H3,(H,18,19,20);/q;+1/p-1. The molecule has 114 valence electrons. The molecule has 2 aromatic carbocycles. The summed E-state index contributed by atoms with van der Waals surface area (Å²) in [6, 6.07) is 10.5.